The van der Waals surface area contributed by atoms with E-state index < -0.39 is 0 Å². The van der Waals surface area contributed by atoms with E-state index in [1.807, 2.05) is 30.5 Å². The van der Waals surface area contributed by atoms with Crippen LogP contribution in [0.15, 0.2) is 41.7 Å². The van der Waals surface area contributed by atoms with Gasteiger partial charge in [0.15, 0.2) is 0 Å². The molecule has 0 aromatic heterocycles. The van der Waals surface area contributed by atoms with Crippen molar-refractivity contribution in [1.29, 1.82) is 0 Å². The van der Waals surface area contributed by atoms with Gasteiger partial charge in [-0.1, -0.05) is 11.6 Å². The normalized spacial score (nSPS) is 22.3. The molecule has 1 atom stereocenters. The summed E-state index contributed by atoms with van der Waals surface area (Å²) >= 11 is 5.91. The van der Waals surface area contributed by atoms with Gasteiger partial charge in [-0.3, -0.25) is 0 Å². The Hall–Kier alpha value is -1.20. The number of hydrogen-bond acceptors (Lipinski definition) is 3. The zero-order chi connectivity index (χ0) is 13.0. The first-order chi connectivity index (χ1) is 8.73. The second kappa shape index (κ2) is 5.63. The number of rotatable bonds is 5. The van der Waals surface area contributed by atoms with E-state index in [-0.39, 0.29) is 6.61 Å². The van der Waals surface area contributed by atoms with Gasteiger partial charge in [0.1, 0.15) is 18.5 Å². The summed E-state index contributed by atoms with van der Waals surface area (Å²) in [6.07, 6.45) is 4.56. The fourth-order valence-corrected chi connectivity index (χ4v) is 2.33. The molecule has 3 N–H and O–H groups in total. The van der Waals surface area contributed by atoms with E-state index in [9.17, 15) is 5.11 Å². The predicted molar refractivity (Wildman–Crippen MR) is 75.4 cm³/mol. The van der Waals surface area contributed by atoms with Gasteiger partial charge in [0.05, 0.1) is 12.7 Å². The van der Waals surface area contributed by atoms with E-state index in [0.717, 1.165) is 18.7 Å². The van der Waals surface area contributed by atoms with Crippen molar-refractivity contribution in [3.05, 3.63) is 41.7 Å². The molecule has 1 aliphatic rings. The smallest absolute Gasteiger partial charge is 0.238 e. The first kappa shape index (κ1) is 13.2. The van der Waals surface area contributed by atoms with Gasteiger partial charge >= 0.3 is 0 Å². The van der Waals surface area contributed by atoms with Crippen molar-refractivity contribution in [3.8, 4) is 0 Å². The topological polar surface area (TPSA) is 58.6 Å². The summed E-state index contributed by atoms with van der Waals surface area (Å²) in [4.78, 5) is 4.24. The van der Waals surface area contributed by atoms with Gasteiger partial charge in [-0.15, -0.1) is 0 Å². The van der Waals surface area contributed by atoms with E-state index in [2.05, 4.69) is 4.99 Å². The molecular weight excluding hydrogens is 250 g/mol. The lowest BCUT2D eigenvalue weighted by atomic mass is 10.2. The monoisotopic (exact) mass is 266 g/mol. The third kappa shape index (κ3) is 2.33. The van der Waals surface area contributed by atoms with Crippen LogP contribution < -0.4 is 10.2 Å². The number of quaternary nitrogens is 1. The highest BCUT2D eigenvalue weighted by molar-refractivity contribution is 6.30. The van der Waals surface area contributed by atoms with Gasteiger partial charge in [0.2, 0.25) is 5.84 Å². The van der Waals surface area contributed by atoms with Crippen molar-refractivity contribution in [2.45, 2.75) is 6.42 Å². The molecule has 0 aliphatic carbocycles. The van der Waals surface area contributed by atoms with Gasteiger partial charge in [0, 0.05) is 23.6 Å². The van der Waals surface area contributed by atoms with Crippen LogP contribution in [0.4, 0.5) is 5.69 Å². The second-order valence-electron chi connectivity index (χ2n) is 4.21. The van der Waals surface area contributed by atoms with Gasteiger partial charge < -0.3 is 10.8 Å². The van der Waals surface area contributed by atoms with Crippen molar-refractivity contribution in [3.63, 3.8) is 0 Å². The Kier molecular flexibility index (Phi) is 4.14. The number of aliphatic imine (C=N–C) groups is 1. The van der Waals surface area contributed by atoms with E-state index >= 15 is 0 Å². The molecule has 0 saturated carbocycles. The van der Waals surface area contributed by atoms with Crippen LogP contribution in [0.25, 0.3) is 0 Å². The van der Waals surface area contributed by atoms with E-state index in [1.54, 1.807) is 6.20 Å². The van der Waals surface area contributed by atoms with Gasteiger partial charge in [-0.25, -0.2) is 9.48 Å². The average molecular weight is 267 g/mol. The molecule has 0 amide bonds. The number of aliphatic hydroxyl groups excluding tert-OH is 1. The zero-order valence-corrected chi connectivity index (χ0v) is 10.8. The molecule has 96 valence electrons. The third-order valence-electron chi connectivity index (χ3n) is 3.15. The van der Waals surface area contributed by atoms with E-state index in [1.165, 1.54) is 0 Å². The molecule has 1 aliphatic heterocycles. The third-order valence-corrected chi connectivity index (χ3v) is 3.40. The first-order valence-electron chi connectivity index (χ1n) is 5.93. The molecule has 2 rings (SSSR count). The highest BCUT2D eigenvalue weighted by Gasteiger charge is 2.36. The first-order valence-corrected chi connectivity index (χ1v) is 6.30. The fraction of sp³-hybridized carbons (Fsp3) is 0.308. The number of benzene rings is 1. The zero-order valence-electron chi connectivity index (χ0n) is 10.1. The molecule has 1 unspecified atom stereocenters. The maximum absolute atomic E-state index is 9.47. The molecule has 0 fully saturated rings. The molecule has 1 aromatic carbocycles. The van der Waals surface area contributed by atoms with Gasteiger partial charge in [-0.05, 0) is 18.7 Å². The molecule has 4 nitrogen and oxygen atoms in total. The molecule has 1 heterocycles. The summed E-state index contributed by atoms with van der Waals surface area (Å²) < 4.78 is 0.435. The molecule has 5 heteroatoms. The van der Waals surface area contributed by atoms with Crippen LogP contribution in [0.2, 0.25) is 5.02 Å². The summed E-state index contributed by atoms with van der Waals surface area (Å²) in [5.41, 5.74) is 6.63. The molecule has 0 spiro atoms. The van der Waals surface area contributed by atoms with Crippen molar-refractivity contribution in [2.75, 3.05) is 19.7 Å². The van der Waals surface area contributed by atoms with Gasteiger partial charge in [-0.2, -0.15) is 0 Å². The summed E-state index contributed by atoms with van der Waals surface area (Å²) in [6.45, 7) is 1.33. The van der Waals surface area contributed by atoms with Crippen LogP contribution in [0.5, 0.6) is 0 Å². The Bertz CT molecular complexity index is 470. The molecule has 18 heavy (non-hydrogen) atoms. The van der Waals surface area contributed by atoms with Crippen molar-refractivity contribution >= 4 is 23.1 Å². The van der Waals surface area contributed by atoms with Crippen molar-refractivity contribution < 1.29 is 5.11 Å². The summed E-state index contributed by atoms with van der Waals surface area (Å²) in [5.74, 6) is 0.714. The summed E-state index contributed by atoms with van der Waals surface area (Å²) in [6, 6.07) is 7.61. The predicted octanol–water partition coefficient (Wildman–Crippen LogP) is 1.87. The highest BCUT2D eigenvalue weighted by atomic mass is 35.5. The largest absolute Gasteiger partial charge is 0.384 e. The number of amidine groups is 1. The van der Waals surface area contributed by atoms with Crippen molar-refractivity contribution in [1.82, 2.24) is 4.48 Å². The minimum absolute atomic E-state index is 0.0692. The van der Waals surface area contributed by atoms with E-state index in [4.69, 9.17) is 17.3 Å². The van der Waals surface area contributed by atoms with Crippen LogP contribution >= 0.6 is 11.6 Å². The van der Waals surface area contributed by atoms with Crippen LogP contribution in [0.1, 0.15) is 6.42 Å². The van der Waals surface area contributed by atoms with Crippen molar-refractivity contribution in [2.24, 2.45) is 10.7 Å². The average Bonchev–Trinajstić information content (AvgIpc) is 2.81. The second-order valence-corrected chi connectivity index (χ2v) is 4.65. The minimum Gasteiger partial charge on any atom is -0.384 e. The highest BCUT2D eigenvalue weighted by Crippen LogP contribution is 2.29. The fourth-order valence-electron chi connectivity index (χ4n) is 2.20. The Morgan fingerprint density at radius 3 is 2.61 bits per heavy atom. The van der Waals surface area contributed by atoms with Crippen LogP contribution in [0, 0.1) is 0 Å². The van der Waals surface area contributed by atoms with Crippen LogP contribution in [0.3, 0.4) is 0 Å². The maximum Gasteiger partial charge on any atom is 0.238 e. The Balaban J connectivity index is 2.39. The van der Waals surface area contributed by atoms with E-state index in [0.29, 0.717) is 21.9 Å². The standard InChI is InChI=1S/C13H17ClN3O/c14-11-2-4-12(5-3-11)17(8-1-6-15)9-7-16-13(17)10-18/h2-5,7,9,18H,1,6,8,10,15H2/q+1. The lowest BCUT2D eigenvalue weighted by Gasteiger charge is -2.31. The Labute approximate surface area is 112 Å². The molecule has 0 bridgehead atoms. The number of nitrogens with zero attached hydrogens (tertiary/aromatic N) is 2. The lowest BCUT2D eigenvalue weighted by Crippen LogP contribution is -2.50. The Morgan fingerprint density at radius 2 is 2.00 bits per heavy atom. The molecule has 1 aromatic rings. The molecule has 0 radical (unpaired) electrons. The van der Waals surface area contributed by atoms with Crippen LogP contribution in [-0.4, -0.2) is 30.6 Å². The maximum atomic E-state index is 9.47. The number of nitrogens with two attached hydrogens (primary N) is 1. The molecular formula is C13H17ClN3O+. The summed E-state index contributed by atoms with van der Waals surface area (Å²) in [5, 5.41) is 10.2. The van der Waals surface area contributed by atoms with Gasteiger partial charge in [0.25, 0.3) is 0 Å². The minimum atomic E-state index is -0.0692. The Morgan fingerprint density at radius 1 is 1.28 bits per heavy atom. The summed E-state index contributed by atoms with van der Waals surface area (Å²) in [7, 11) is 0. The van der Waals surface area contributed by atoms with Crippen LogP contribution in [-0.2, 0) is 0 Å². The lowest BCUT2D eigenvalue weighted by molar-refractivity contribution is 0.338. The SMILES string of the molecule is NCCC[N+]1(c2ccc(Cl)cc2)C=CN=C1CO. The quantitative estimate of drug-likeness (QED) is 0.800. The molecule has 0 saturated heterocycles. The number of halogens is 1. The number of aliphatic hydroxyl groups is 1. The number of hydrogen-bond donors (Lipinski definition) is 2.